The number of hydrogen-bond donors (Lipinski definition) is 2. The van der Waals surface area contributed by atoms with Crippen LogP contribution in [0.15, 0.2) is 48.8 Å². The molecule has 0 spiro atoms. The fraction of sp³-hybridized carbons (Fsp3) is 0.429. The van der Waals surface area contributed by atoms with Crippen LogP contribution in [0, 0.1) is 6.92 Å². The van der Waals surface area contributed by atoms with Gasteiger partial charge in [-0.3, -0.25) is 14.7 Å². The topological polar surface area (TPSA) is 57.3 Å². The third-order valence-electron chi connectivity index (χ3n) is 5.08. The van der Waals surface area contributed by atoms with E-state index in [9.17, 15) is 4.79 Å². The maximum atomic E-state index is 12.7. The van der Waals surface area contributed by atoms with Crippen molar-refractivity contribution in [1.82, 2.24) is 20.5 Å². The molecule has 154 valence electrons. The second-order valence-corrected chi connectivity index (χ2v) is 7.09. The van der Waals surface area contributed by atoms with Crippen LogP contribution in [0.5, 0.6) is 0 Å². The van der Waals surface area contributed by atoms with Gasteiger partial charge in [-0.2, -0.15) is 0 Å². The van der Waals surface area contributed by atoms with Crippen molar-refractivity contribution in [1.29, 1.82) is 0 Å². The molecule has 0 radical (unpaired) electrons. The van der Waals surface area contributed by atoms with Crippen LogP contribution < -0.4 is 10.6 Å². The van der Waals surface area contributed by atoms with Crippen molar-refractivity contribution in [2.75, 3.05) is 26.7 Å². The van der Waals surface area contributed by atoms with E-state index in [2.05, 4.69) is 51.7 Å². The molecule has 0 aliphatic carbocycles. The van der Waals surface area contributed by atoms with Crippen LogP contribution in [-0.2, 0) is 4.79 Å². The first-order valence-corrected chi connectivity index (χ1v) is 9.30. The van der Waals surface area contributed by atoms with E-state index < -0.39 is 0 Å². The quantitative estimate of drug-likeness (QED) is 0.747. The molecule has 1 aliphatic rings. The molecule has 1 aromatic carbocycles. The number of nitrogens with one attached hydrogen (secondary N) is 2. The van der Waals surface area contributed by atoms with E-state index in [4.69, 9.17) is 0 Å². The monoisotopic (exact) mass is 424 g/mol. The molecule has 7 heteroatoms. The number of rotatable bonds is 6. The highest BCUT2D eigenvalue weighted by Crippen LogP contribution is 2.22. The van der Waals surface area contributed by atoms with Gasteiger partial charge in [0.05, 0.1) is 12.6 Å². The fourth-order valence-electron chi connectivity index (χ4n) is 3.48. The molecule has 2 aromatic rings. The lowest BCUT2D eigenvalue weighted by Gasteiger charge is -2.31. The van der Waals surface area contributed by atoms with Gasteiger partial charge in [0.15, 0.2) is 0 Å². The Hall–Kier alpha value is -1.66. The minimum absolute atomic E-state index is 0. The zero-order valence-electron chi connectivity index (χ0n) is 16.4. The number of pyridine rings is 1. The van der Waals surface area contributed by atoms with E-state index in [1.807, 2.05) is 19.2 Å². The summed E-state index contributed by atoms with van der Waals surface area (Å²) >= 11 is 0. The number of piperidine rings is 1. The summed E-state index contributed by atoms with van der Waals surface area (Å²) < 4.78 is 0. The van der Waals surface area contributed by atoms with Gasteiger partial charge in [-0.15, -0.1) is 24.8 Å². The standard InChI is InChI=1S/C21H28N4O.2ClH/c1-16-3-5-17(6-4-16)21(18-7-11-22-12-8-18)24-20(26)15-25(2)19-9-13-23-14-10-19;;/h3-8,11-12,19,21,23H,9-10,13-15H2,1-2H3,(H,24,26);2*1H. The second kappa shape index (κ2) is 12.0. The number of halogens is 2. The Kier molecular flexibility index (Phi) is 10.5. The Morgan fingerprint density at radius 3 is 2.29 bits per heavy atom. The van der Waals surface area contributed by atoms with Crippen molar-refractivity contribution in [3.63, 3.8) is 0 Å². The number of hydrogen-bond acceptors (Lipinski definition) is 4. The molecule has 2 heterocycles. The first kappa shape index (κ1) is 24.4. The highest BCUT2D eigenvalue weighted by Gasteiger charge is 2.22. The van der Waals surface area contributed by atoms with E-state index >= 15 is 0 Å². The van der Waals surface area contributed by atoms with Gasteiger partial charge in [-0.1, -0.05) is 29.8 Å². The van der Waals surface area contributed by atoms with Crippen LogP contribution in [0.25, 0.3) is 0 Å². The molecule has 28 heavy (non-hydrogen) atoms. The van der Waals surface area contributed by atoms with E-state index in [1.165, 1.54) is 5.56 Å². The Labute approximate surface area is 180 Å². The minimum Gasteiger partial charge on any atom is -0.344 e. The summed E-state index contributed by atoms with van der Waals surface area (Å²) in [6.07, 6.45) is 5.72. The predicted octanol–water partition coefficient (Wildman–Crippen LogP) is 3.12. The van der Waals surface area contributed by atoms with Crippen LogP contribution in [0.4, 0.5) is 0 Å². The number of benzene rings is 1. The maximum absolute atomic E-state index is 12.7. The third-order valence-corrected chi connectivity index (χ3v) is 5.08. The summed E-state index contributed by atoms with van der Waals surface area (Å²) in [6.45, 7) is 4.54. The van der Waals surface area contributed by atoms with Crippen molar-refractivity contribution < 1.29 is 4.79 Å². The Bertz CT molecular complexity index is 706. The molecule has 1 atom stereocenters. The van der Waals surface area contributed by atoms with Gasteiger partial charge in [0, 0.05) is 18.4 Å². The molecule has 1 amide bonds. The number of amides is 1. The van der Waals surface area contributed by atoms with Crippen LogP contribution in [0.3, 0.4) is 0 Å². The number of carbonyl (C=O) groups excluding carboxylic acids is 1. The van der Waals surface area contributed by atoms with E-state index in [0.29, 0.717) is 12.6 Å². The third kappa shape index (κ3) is 6.74. The summed E-state index contributed by atoms with van der Waals surface area (Å²) in [7, 11) is 2.04. The SMILES string of the molecule is Cc1ccc(C(NC(=O)CN(C)C2CCNCC2)c2ccncc2)cc1.Cl.Cl. The van der Waals surface area contributed by atoms with Crippen LogP contribution >= 0.6 is 24.8 Å². The van der Waals surface area contributed by atoms with Crippen molar-refractivity contribution in [2.24, 2.45) is 0 Å². The molecule has 1 unspecified atom stereocenters. The van der Waals surface area contributed by atoms with E-state index in [1.54, 1.807) is 12.4 Å². The van der Waals surface area contributed by atoms with Gasteiger partial charge >= 0.3 is 0 Å². The predicted molar refractivity (Wildman–Crippen MR) is 118 cm³/mol. The molecular weight excluding hydrogens is 395 g/mol. The van der Waals surface area contributed by atoms with Crippen molar-refractivity contribution in [3.8, 4) is 0 Å². The highest BCUT2D eigenvalue weighted by atomic mass is 35.5. The molecular formula is C21H30Cl2N4O. The molecule has 0 bridgehead atoms. The molecule has 1 aromatic heterocycles. The second-order valence-electron chi connectivity index (χ2n) is 7.09. The van der Waals surface area contributed by atoms with Gasteiger partial charge in [0.2, 0.25) is 5.91 Å². The summed E-state index contributed by atoms with van der Waals surface area (Å²) in [6, 6.07) is 12.6. The van der Waals surface area contributed by atoms with Crippen molar-refractivity contribution in [2.45, 2.75) is 31.8 Å². The Morgan fingerprint density at radius 1 is 1.11 bits per heavy atom. The van der Waals surface area contributed by atoms with E-state index in [-0.39, 0.29) is 36.8 Å². The number of nitrogens with zero attached hydrogens (tertiary/aromatic N) is 2. The van der Waals surface area contributed by atoms with E-state index in [0.717, 1.165) is 37.1 Å². The number of likely N-dealkylation sites (N-methyl/N-ethyl adjacent to an activating group) is 1. The smallest absolute Gasteiger partial charge is 0.234 e. The molecule has 1 fully saturated rings. The maximum Gasteiger partial charge on any atom is 0.234 e. The number of aromatic nitrogens is 1. The van der Waals surface area contributed by atoms with Crippen molar-refractivity contribution >= 4 is 30.7 Å². The lowest BCUT2D eigenvalue weighted by Crippen LogP contribution is -2.46. The molecule has 5 nitrogen and oxygen atoms in total. The largest absolute Gasteiger partial charge is 0.344 e. The van der Waals surface area contributed by atoms with Crippen LogP contribution in [-0.4, -0.2) is 48.5 Å². The van der Waals surface area contributed by atoms with Gasteiger partial charge in [-0.25, -0.2) is 0 Å². The summed E-state index contributed by atoms with van der Waals surface area (Å²) in [4.78, 5) is 19.0. The highest BCUT2D eigenvalue weighted by molar-refractivity contribution is 5.85. The van der Waals surface area contributed by atoms with Gasteiger partial charge in [0.1, 0.15) is 0 Å². The van der Waals surface area contributed by atoms with Gasteiger partial charge in [0.25, 0.3) is 0 Å². The fourth-order valence-corrected chi connectivity index (χ4v) is 3.48. The van der Waals surface area contributed by atoms with Crippen molar-refractivity contribution in [3.05, 3.63) is 65.5 Å². The summed E-state index contributed by atoms with van der Waals surface area (Å²) in [5.41, 5.74) is 3.33. The molecule has 0 saturated carbocycles. The van der Waals surface area contributed by atoms with Gasteiger partial charge < -0.3 is 10.6 Å². The van der Waals surface area contributed by atoms with Crippen LogP contribution in [0.1, 0.15) is 35.6 Å². The lowest BCUT2D eigenvalue weighted by atomic mass is 9.98. The summed E-state index contributed by atoms with van der Waals surface area (Å²) in [5, 5.41) is 6.58. The molecule has 1 aliphatic heterocycles. The zero-order chi connectivity index (χ0) is 18.4. The number of aryl methyl sites for hydroxylation is 1. The zero-order valence-corrected chi connectivity index (χ0v) is 18.1. The van der Waals surface area contributed by atoms with Crippen LogP contribution in [0.2, 0.25) is 0 Å². The Balaban J connectivity index is 0.00000196. The molecule has 3 rings (SSSR count). The summed E-state index contributed by atoms with van der Waals surface area (Å²) in [5.74, 6) is 0.0495. The van der Waals surface area contributed by atoms with Gasteiger partial charge in [-0.05, 0) is 63.2 Å². The number of carbonyl (C=O) groups is 1. The molecule has 2 N–H and O–H groups in total. The normalized spacial score (nSPS) is 15.2. The first-order chi connectivity index (χ1) is 12.6. The first-order valence-electron chi connectivity index (χ1n) is 9.30. The average molecular weight is 425 g/mol. The average Bonchev–Trinajstić information content (AvgIpc) is 2.68. The minimum atomic E-state index is -0.160. The Morgan fingerprint density at radius 2 is 1.68 bits per heavy atom. The molecule has 1 saturated heterocycles. The lowest BCUT2D eigenvalue weighted by molar-refractivity contribution is -0.123.